The molecule has 0 aromatic heterocycles. The van der Waals surface area contributed by atoms with Crippen molar-refractivity contribution in [2.75, 3.05) is 14.2 Å². The molecule has 0 saturated heterocycles. The van der Waals surface area contributed by atoms with E-state index in [4.69, 9.17) is 4.74 Å². The van der Waals surface area contributed by atoms with Gasteiger partial charge in [-0.25, -0.2) is 4.79 Å². The highest BCUT2D eigenvalue weighted by Gasteiger charge is 2.12. The number of methoxy groups -OCH3 is 2. The summed E-state index contributed by atoms with van der Waals surface area (Å²) in [5.74, 6) is 0.144. The standard InChI is InChI=1S/C18H17NO5/c1-12(9-18(20)24-3)13-7-8-17(23-2)16(11-13)14-5-4-6-15(10-14)19(21)22/h4-11H,1-3H3/b12-9+. The smallest absolute Gasteiger partial charge is 0.330 e. The van der Waals surface area contributed by atoms with Gasteiger partial charge in [0.25, 0.3) is 5.69 Å². The summed E-state index contributed by atoms with van der Waals surface area (Å²) in [7, 11) is 2.85. The first kappa shape index (κ1) is 17.2. The SMILES string of the molecule is COC(=O)/C=C(\C)c1ccc(OC)c(-c2cccc([N+](=O)[O-])c2)c1. The van der Waals surface area contributed by atoms with Crippen molar-refractivity contribution in [2.24, 2.45) is 0 Å². The van der Waals surface area contributed by atoms with E-state index in [0.717, 1.165) is 11.1 Å². The number of hydrogen-bond acceptors (Lipinski definition) is 5. The van der Waals surface area contributed by atoms with Crippen LogP contribution in [-0.4, -0.2) is 25.1 Å². The summed E-state index contributed by atoms with van der Waals surface area (Å²) < 4.78 is 9.99. The van der Waals surface area contributed by atoms with E-state index < -0.39 is 10.9 Å². The van der Waals surface area contributed by atoms with Crippen LogP contribution in [0.1, 0.15) is 12.5 Å². The third-order valence-electron chi connectivity index (χ3n) is 3.56. The molecule has 0 radical (unpaired) electrons. The van der Waals surface area contributed by atoms with E-state index in [1.165, 1.54) is 32.4 Å². The number of benzene rings is 2. The summed E-state index contributed by atoms with van der Waals surface area (Å²) in [6.07, 6.45) is 1.39. The molecule has 0 saturated carbocycles. The molecule has 0 bridgehead atoms. The molecule has 0 spiro atoms. The van der Waals surface area contributed by atoms with Crippen LogP contribution in [0.25, 0.3) is 16.7 Å². The van der Waals surface area contributed by atoms with Crippen molar-refractivity contribution in [3.63, 3.8) is 0 Å². The molecule has 0 aliphatic carbocycles. The molecule has 0 heterocycles. The minimum atomic E-state index is -0.444. The number of ether oxygens (including phenoxy) is 2. The third-order valence-corrected chi connectivity index (χ3v) is 3.56. The number of nitrogens with zero attached hydrogens (tertiary/aromatic N) is 1. The fraction of sp³-hybridized carbons (Fsp3) is 0.167. The van der Waals surface area contributed by atoms with Crippen molar-refractivity contribution < 1.29 is 19.2 Å². The number of carbonyl (C=O) groups is 1. The van der Waals surface area contributed by atoms with Crippen LogP contribution in [0.5, 0.6) is 5.75 Å². The predicted octanol–water partition coefficient (Wildman–Crippen LogP) is 3.85. The summed E-state index contributed by atoms with van der Waals surface area (Å²) in [5.41, 5.74) is 2.88. The molecular formula is C18H17NO5. The topological polar surface area (TPSA) is 78.7 Å². The highest BCUT2D eigenvalue weighted by Crippen LogP contribution is 2.34. The Morgan fingerprint density at radius 1 is 1.17 bits per heavy atom. The first-order valence-corrected chi connectivity index (χ1v) is 7.15. The van der Waals surface area contributed by atoms with Gasteiger partial charge in [-0.15, -0.1) is 0 Å². The van der Waals surface area contributed by atoms with Gasteiger partial charge in [-0.2, -0.15) is 0 Å². The van der Waals surface area contributed by atoms with Gasteiger partial charge in [0.1, 0.15) is 5.75 Å². The van der Waals surface area contributed by atoms with Gasteiger partial charge >= 0.3 is 5.97 Å². The molecule has 0 fully saturated rings. The zero-order valence-electron chi connectivity index (χ0n) is 13.6. The van der Waals surface area contributed by atoms with Gasteiger partial charge in [0.15, 0.2) is 0 Å². The van der Waals surface area contributed by atoms with Crippen LogP contribution < -0.4 is 4.74 Å². The number of nitro groups is 1. The number of non-ortho nitro benzene ring substituents is 1. The summed E-state index contributed by atoms with van der Waals surface area (Å²) in [6.45, 7) is 1.79. The predicted molar refractivity (Wildman–Crippen MR) is 90.8 cm³/mol. The fourth-order valence-corrected chi connectivity index (χ4v) is 2.28. The van der Waals surface area contributed by atoms with Crippen LogP contribution in [-0.2, 0) is 9.53 Å². The molecule has 124 valence electrons. The monoisotopic (exact) mass is 327 g/mol. The number of rotatable bonds is 5. The van der Waals surface area contributed by atoms with Gasteiger partial charge in [0.05, 0.1) is 19.1 Å². The maximum absolute atomic E-state index is 11.4. The highest BCUT2D eigenvalue weighted by molar-refractivity contribution is 5.91. The van der Waals surface area contributed by atoms with E-state index >= 15 is 0 Å². The first-order valence-electron chi connectivity index (χ1n) is 7.15. The summed E-state index contributed by atoms with van der Waals surface area (Å²) in [6, 6.07) is 11.7. The van der Waals surface area contributed by atoms with Crippen molar-refractivity contribution in [1.82, 2.24) is 0 Å². The van der Waals surface area contributed by atoms with E-state index in [2.05, 4.69) is 4.74 Å². The Morgan fingerprint density at radius 2 is 1.92 bits per heavy atom. The van der Waals surface area contributed by atoms with Gasteiger partial charge in [-0.1, -0.05) is 18.2 Å². The minimum absolute atomic E-state index is 0.00165. The second kappa shape index (κ2) is 7.41. The largest absolute Gasteiger partial charge is 0.496 e. The molecule has 2 aromatic carbocycles. The van der Waals surface area contributed by atoms with Crippen LogP contribution in [0.2, 0.25) is 0 Å². The van der Waals surface area contributed by atoms with Crippen molar-refractivity contribution >= 4 is 17.2 Å². The number of allylic oxidation sites excluding steroid dienone is 1. The fourth-order valence-electron chi connectivity index (χ4n) is 2.28. The Bertz CT molecular complexity index is 811. The van der Waals surface area contributed by atoms with E-state index in [-0.39, 0.29) is 5.69 Å². The lowest BCUT2D eigenvalue weighted by Gasteiger charge is -2.11. The van der Waals surface area contributed by atoms with E-state index in [1.807, 2.05) is 12.1 Å². The normalized spacial score (nSPS) is 11.0. The third kappa shape index (κ3) is 3.78. The van der Waals surface area contributed by atoms with Crippen molar-refractivity contribution in [2.45, 2.75) is 6.92 Å². The molecule has 0 aliphatic heterocycles. The van der Waals surface area contributed by atoms with E-state index in [1.54, 1.807) is 25.1 Å². The number of nitro benzene ring substituents is 1. The van der Waals surface area contributed by atoms with Gasteiger partial charge in [0.2, 0.25) is 0 Å². The summed E-state index contributed by atoms with van der Waals surface area (Å²) in [4.78, 5) is 21.9. The number of hydrogen-bond donors (Lipinski definition) is 0. The molecule has 0 atom stereocenters. The van der Waals surface area contributed by atoms with Crippen LogP contribution in [0.15, 0.2) is 48.5 Å². The van der Waals surface area contributed by atoms with Crippen molar-refractivity contribution in [3.8, 4) is 16.9 Å². The Morgan fingerprint density at radius 3 is 2.54 bits per heavy atom. The molecular weight excluding hydrogens is 310 g/mol. The Labute approximate surface area is 139 Å². The molecule has 6 heteroatoms. The molecule has 0 amide bonds. The Kier molecular flexibility index (Phi) is 5.31. The molecule has 0 N–H and O–H groups in total. The molecule has 0 aliphatic rings. The average molecular weight is 327 g/mol. The lowest BCUT2D eigenvalue weighted by atomic mass is 9.98. The zero-order valence-corrected chi connectivity index (χ0v) is 13.6. The van der Waals surface area contributed by atoms with E-state index in [9.17, 15) is 14.9 Å². The Balaban J connectivity index is 2.55. The summed E-state index contributed by atoms with van der Waals surface area (Å²) in [5, 5.41) is 11.0. The van der Waals surface area contributed by atoms with Crippen LogP contribution in [0, 0.1) is 10.1 Å². The molecule has 2 rings (SSSR count). The lowest BCUT2D eigenvalue weighted by molar-refractivity contribution is -0.384. The molecule has 2 aromatic rings. The maximum atomic E-state index is 11.4. The van der Waals surface area contributed by atoms with Gasteiger partial charge in [-0.05, 0) is 35.8 Å². The van der Waals surface area contributed by atoms with Gasteiger partial charge < -0.3 is 9.47 Å². The first-order chi connectivity index (χ1) is 11.5. The van der Waals surface area contributed by atoms with Crippen LogP contribution in [0.3, 0.4) is 0 Å². The quantitative estimate of drug-likeness (QED) is 0.361. The van der Waals surface area contributed by atoms with Crippen LogP contribution >= 0.6 is 0 Å². The van der Waals surface area contributed by atoms with E-state index in [0.29, 0.717) is 16.9 Å². The van der Waals surface area contributed by atoms with Crippen molar-refractivity contribution in [3.05, 3.63) is 64.2 Å². The van der Waals surface area contributed by atoms with Crippen molar-refractivity contribution in [1.29, 1.82) is 0 Å². The minimum Gasteiger partial charge on any atom is -0.496 e. The van der Waals surface area contributed by atoms with Crippen LogP contribution in [0.4, 0.5) is 5.69 Å². The maximum Gasteiger partial charge on any atom is 0.330 e. The molecule has 0 unspecified atom stereocenters. The summed E-state index contributed by atoms with van der Waals surface area (Å²) >= 11 is 0. The second-order valence-corrected chi connectivity index (χ2v) is 5.07. The van der Waals surface area contributed by atoms with Gasteiger partial charge in [0, 0.05) is 23.8 Å². The Hall–Kier alpha value is -3.15. The lowest BCUT2D eigenvalue weighted by Crippen LogP contribution is -1.96. The average Bonchev–Trinajstić information content (AvgIpc) is 2.60. The number of esters is 1. The van der Waals surface area contributed by atoms with Gasteiger partial charge in [-0.3, -0.25) is 10.1 Å². The molecule has 6 nitrogen and oxygen atoms in total. The zero-order chi connectivity index (χ0) is 17.7. The molecule has 24 heavy (non-hydrogen) atoms. The highest BCUT2D eigenvalue weighted by atomic mass is 16.6. The second-order valence-electron chi connectivity index (χ2n) is 5.07. The number of carbonyl (C=O) groups excluding carboxylic acids is 1.